The average Bonchev–Trinajstić information content (AvgIpc) is 2.45. The second-order valence-corrected chi connectivity index (χ2v) is 6.89. The van der Waals surface area contributed by atoms with Crippen LogP contribution in [0.5, 0.6) is 0 Å². The highest BCUT2D eigenvalue weighted by Gasteiger charge is 2.29. The van der Waals surface area contributed by atoms with Gasteiger partial charge in [-0.15, -0.1) is 0 Å². The van der Waals surface area contributed by atoms with Crippen molar-refractivity contribution in [1.82, 2.24) is 0 Å². The van der Waals surface area contributed by atoms with Gasteiger partial charge in [-0.25, -0.2) is 4.39 Å². The fraction of sp³-hybridized carbons (Fsp3) is 0.789. The highest BCUT2D eigenvalue weighted by molar-refractivity contribution is 5.31. The maximum absolute atomic E-state index is 14.0. The summed E-state index contributed by atoms with van der Waals surface area (Å²) in [6.07, 6.45) is 16.5. The predicted molar refractivity (Wildman–Crippen MR) is 85.3 cm³/mol. The molecule has 0 nitrogen and oxygen atoms in total. The number of hydrogen-bond donors (Lipinski definition) is 0. The lowest BCUT2D eigenvalue weighted by molar-refractivity contribution is 0.344. The van der Waals surface area contributed by atoms with Crippen molar-refractivity contribution >= 4 is 0 Å². The molecule has 0 saturated heterocycles. The van der Waals surface area contributed by atoms with Crippen LogP contribution in [0, 0.1) is 11.8 Å². The lowest BCUT2D eigenvalue weighted by Gasteiger charge is -2.32. The van der Waals surface area contributed by atoms with Crippen LogP contribution in [0.1, 0.15) is 84.5 Å². The SMILES string of the molecule is CC1=CC(F)=C(C)[C@@H]2CCCCCCCCCCCC12. The van der Waals surface area contributed by atoms with Crippen LogP contribution in [-0.2, 0) is 0 Å². The molecule has 0 heterocycles. The molecular formula is C19H31F. The van der Waals surface area contributed by atoms with Gasteiger partial charge in [0, 0.05) is 0 Å². The van der Waals surface area contributed by atoms with Gasteiger partial charge in [-0.1, -0.05) is 63.4 Å². The Morgan fingerprint density at radius 3 is 1.75 bits per heavy atom. The van der Waals surface area contributed by atoms with Gasteiger partial charge in [0.05, 0.1) is 0 Å². The van der Waals surface area contributed by atoms with E-state index >= 15 is 0 Å². The van der Waals surface area contributed by atoms with Gasteiger partial charge in [0.25, 0.3) is 0 Å². The Labute approximate surface area is 124 Å². The van der Waals surface area contributed by atoms with E-state index in [2.05, 4.69) is 6.92 Å². The van der Waals surface area contributed by atoms with Crippen LogP contribution in [0.3, 0.4) is 0 Å². The van der Waals surface area contributed by atoms with Gasteiger partial charge in [-0.3, -0.25) is 0 Å². The summed E-state index contributed by atoms with van der Waals surface area (Å²) in [7, 11) is 0. The summed E-state index contributed by atoms with van der Waals surface area (Å²) >= 11 is 0. The van der Waals surface area contributed by atoms with Gasteiger partial charge in [0.2, 0.25) is 0 Å². The molecule has 0 aromatic rings. The topological polar surface area (TPSA) is 0 Å². The molecule has 114 valence electrons. The largest absolute Gasteiger partial charge is 0.207 e. The Bertz CT molecular complexity index is 364. The van der Waals surface area contributed by atoms with Crippen molar-refractivity contribution in [1.29, 1.82) is 0 Å². The summed E-state index contributed by atoms with van der Waals surface area (Å²) in [5.41, 5.74) is 2.31. The van der Waals surface area contributed by atoms with Crippen molar-refractivity contribution in [3.63, 3.8) is 0 Å². The van der Waals surface area contributed by atoms with Crippen LogP contribution < -0.4 is 0 Å². The molecule has 0 spiro atoms. The zero-order chi connectivity index (χ0) is 14.4. The fourth-order valence-electron chi connectivity index (χ4n) is 4.03. The summed E-state index contributed by atoms with van der Waals surface area (Å²) < 4.78 is 14.0. The van der Waals surface area contributed by atoms with E-state index in [0.717, 1.165) is 5.57 Å². The Kier molecular flexibility index (Phi) is 6.32. The van der Waals surface area contributed by atoms with Crippen molar-refractivity contribution in [2.24, 2.45) is 11.8 Å². The molecule has 0 aliphatic heterocycles. The van der Waals surface area contributed by atoms with Crippen molar-refractivity contribution in [3.05, 3.63) is 23.0 Å². The van der Waals surface area contributed by atoms with Crippen LogP contribution in [-0.4, -0.2) is 0 Å². The van der Waals surface area contributed by atoms with E-state index in [9.17, 15) is 4.39 Å². The molecular weight excluding hydrogens is 247 g/mol. The minimum atomic E-state index is 0.0491. The molecule has 2 atom stereocenters. The van der Waals surface area contributed by atoms with Gasteiger partial charge >= 0.3 is 0 Å². The molecule has 0 bridgehead atoms. The standard InChI is InChI=1S/C19H31F/c1-15-14-19(20)16(2)18-13-11-9-7-5-3-4-6-8-10-12-17(15)18/h14,17-18H,3-13H2,1-2H3/t17?,18-/m0/s1. The molecule has 0 radical (unpaired) electrons. The third kappa shape index (κ3) is 4.20. The van der Waals surface area contributed by atoms with Gasteiger partial charge in [-0.2, -0.15) is 0 Å². The summed E-state index contributed by atoms with van der Waals surface area (Å²) in [6, 6.07) is 0. The Balaban J connectivity index is 2.05. The summed E-state index contributed by atoms with van der Waals surface area (Å²) in [5, 5.41) is 0. The normalized spacial score (nSPS) is 30.6. The van der Waals surface area contributed by atoms with Crippen molar-refractivity contribution in [2.45, 2.75) is 84.5 Å². The number of halogens is 1. The van der Waals surface area contributed by atoms with Crippen LogP contribution in [0.25, 0.3) is 0 Å². The molecule has 0 aromatic carbocycles. The first kappa shape index (κ1) is 15.8. The van der Waals surface area contributed by atoms with Crippen molar-refractivity contribution in [3.8, 4) is 0 Å². The third-order valence-electron chi connectivity index (χ3n) is 5.39. The van der Waals surface area contributed by atoms with Gasteiger partial charge in [0.15, 0.2) is 0 Å². The van der Waals surface area contributed by atoms with Crippen LogP contribution >= 0.6 is 0 Å². The first-order valence-corrected chi connectivity index (χ1v) is 8.74. The lowest BCUT2D eigenvalue weighted by atomic mass is 9.73. The van der Waals surface area contributed by atoms with Gasteiger partial charge < -0.3 is 0 Å². The second kappa shape index (κ2) is 8.00. The quantitative estimate of drug-likeness (QED) is 0.461. The number of rotatable bonds is 0. The van der Waals surface area contributed by atoms with Crippen LogP contribution in [0.4, 0.5) is 4.39 Å². The summed E-state index contributed by atoms with van der Waals surface area (Å²) in [4.78, 5) is 0. The third-order valence-corrected chi connectivity index (χ3v) is 5.39. The first-order valence-electron chi connectivity index (χ1n) is 8.74. The van der Waals surface area contributed by atoms with Crippen LogP contribution in [0.15, 0.2) is 23.0 Å². The molecule has 1 saturated carbocycles. The van der Waals surface area contributed by atoms with E-state index in [1.807, 2.05) is 6.92 Å². The van der Waals surface area contributed by atoms with E-state index in [0.29, 0.717) is 11.8 Å². The first-order chi connectivity index (χ1) is 9.70. The molecule has 1 fully saturated rings. The Hall–Kier alpha value is -0.590. The predicted octanol–water partition coefficient (Wildman–Crippen LogP) is 6.73. The van der Waals surface area contributed by atoms with E-state index < -0.39 is 0 Å². The Morgan fingerprint density at radius 2 is 1.20 bits per heavy atom. The zero-order valence-electron chi connectivity index (χ0n) is 13.4. The van der Waals surface area contributed by atoms with Gasteiger partial charge in [0.1, 0.15) is 5.83 Å². The average molecular weight is 278 g/mol. The van der Waals surface area contributed by atoms with Crippen LogP contribution in [0.2, 0.25) is 0 Å². The molecule has 2 rings (SSSR count). The number of hydrogen-bond acceptors (Lipinski definition) is 0. The van der Waals surface area contributed by atoms with E-state index in [1.165, 1.54) is 76.2 Å². The molecule has 2 aliphatic rings. The maximum atomic E-state index is 14.0. The second-order valence-electron chi connectivity index (χ2n) is 6.89. The smallest absolute Gasteiger partial charge is 0.122 e. The molecule has 0 amide bonds. The van der Waals surface area contributed by atoms with E-state index in [4.69, 9.17) is 0 Å². The summed E-state index contributed by atoms with van der Waals surface area (Å²) in [6.45, 7) is 4.16. The molecule has 20 heavy (non-hydrogen) atoms. The number of fused-ring (bicyclic) bond motifs is 1. The minimum Gasteiger partial charge on any atom is -0.207 e. The highest BCUT2D eigenvalue weighted by atomic mass is 19.1. The molecule has 0 N–H and O–H groups in total. The van der Waals surface area contributed by atoms with E-state index in [-0.39, 0.29) is 5.83 Å². The highest BCUT2D eigenvalue weighted by Crippen LogP contribution is 2.41. The molecule has 1 heteroatoms. The maximum Gasteiger partial charge on any atom is 0.122 e. The molecule has 1 unspecified atom stereocenters. The fourth-order valence-corrected chi connectivity index (χ4v) is 4.03. The zero-order valence-corrected chi connectivity index (χ0v) is 13.4. The lowest BCUT2D eigenvalue weighted by Crippen LogP contribution is -2.21. The van der Waals surface area contributed by atoms with E-state index in [1.54, 1.807) is 6.08 Å². The van der Waals surface area contributed by atoms with Crippen molar-refractivity contribution in [2.75, 3.05) is 0 Å². The van der Waals surface area contributed by atoms with Gasteiger partial charge in [-0.05, 0) is 50.2 Å². The molecule has 2 aliphatic carbocycles. The van der Waals surface area contributed by atoms with Crippen molar-refractivity contribution < 1.29 is 4.39 Å². The Morgan fingerprint density at radius 1 is 0.750 bits per heavy atom. The summed E-state index contributed by atoms with van der Waals surface area (Å²) in [5.74, 6) is 1.13. The minimum absolute atomic E-state index is 0.0491. The monoisotopic (exact) mass is 278 g/mol. The number of allylic oxidation sites excluding steroid dienone is 4. The molecule has 0 aromatic heterocycles.